The van der Waals surface area contributed by atoms with Gasteiger partial charge in [0.2, 0.25) is 0 Å². The quantitative estimate of drug-likeness (QED) is 0.809. The zero-order chi connectivity index (χ0) is 11.8. The molecule has 0 unspecified atom stereocenters. The van der Waals surface area contributed by atoms with Crippen LogP contribution in [0.1, 0.15) is 24.6 Å². The van der Waals surface area contributed by atoms with Crippen molar-refractivity contribution in [2.45, 2.75) is 25.9 Å². The van der Waals surface area contributed by atoms with Gasteiger partial charge in [0, 0.05) is 5.69 Å². The highest BCUT2D eigenvalue weighted by Gasteiger charge is 2.40. The van der Waals surface area contributed by atoms with E-state index in [1.807, 2.05) is 24.8 Å². The van der Waals surface area contributed by atoms with Gasteiger partial charge in [0.15, 0.2) is 0 Å². The molecule has 84 valence electrons. The third-order valence-electron chi connectivity index (χ3n) is 3.06. The maximum absolute atomic E-state index is 9.93. The summed E-state index contributed by atoms with van der Waals surface area (Å²) >= 11 is 0. The number of aliphatic hydroxyl groups is 1. The lowest BCUT2D eigenvalue weighted by molar-refractivity contribution is 0.00802. The van der Waals surface area contributed by atoms with Crippen molar-refractivity contribution in [2.75, 3.05) is 18.0 Å². The number of nitriles is 1. The fraction of sp³-hybridized carbons (Fsp3) is 0.500. The molecule has 2 heterocycles. The van der Waals surface area contributed by atoms with Crippen LogP contribution in [0.5, 0.6) is 0 Å². The number of hydrogen-bond donors (Lipinski definition) is 1. The lowest BCUT2D eigenvalue weighted by Crippen LogP contribution is -2.62. The van der Waals surface area contributed by atoms with E-state index in [-0.39, 0.29) is 0 Å². The summed E-state index contributed by atoms with van der Waals surface area (Å²) in [6, 6.07) is 5.74. The molecule has 0 radical (unpaired) electrons. The predicted molar refractivity (Wildman–Crippen MR) is 61.1 cm³/mol. The summed E-state index contributed by atoms with van der Waals surface area (Å²) < 4.78 is 0. The molecule has 0 saturated carbocycles. The first-order valence-corrected chi connectivity index (χ1v) is 5.43. The Morgan fingerprint density at radius 1 is 1.56 bits per heavy atom. The molecule has 4 heteroatoms. The SMILES string of the molecule is CCC1(O)CN(c2nc(C)ccc2C#N)C1. The molecule has 1 aliphatic heterocycles. The highest BCUT2D eigenvalue weighted by molar-refractivity contribution is 5.56. The molecule has 1 saturated heterocycles. The summed E-state index contributed by atoms with van der Waals surface area (Å²) in [6.07, 6.45) is 0.733. The van der Waals surface area contributed by atoms with Gasteiger partial charge in [0.1, 0.15) is 11.9 Å². The maximum atomic E-state index is 9.93. The van der Waals surface area contributed by atoms with Gasteiger partial charge in [0.05, 0.1) is 24.3 Å². The van der Waals surface area contributed by atoms with Crippen LogP contribution in [0.4, 0.5) is 5.82 Å². The molecule has 1 N–H and O–H groups in total. The van der Waals surface area contributed by atoms with Gasteiger partial charge in [-0.15, -0.1) is 0 Å². The van der Waals surface area contributed by atoms with Crippen molar-refractivity contribution in [3.8, 4) is 6.07 Å². The van der Waals surface area contributed by atoms with Gasteiger partial charge in [-0.3, -0.25) is 0 Å². The average molecular weight is 217 g/mol. The normalized spacial score (nSPS) is 17.8. The van der Waals surface area contributed by atoms with E-state index in [4.69, 9.17) is 5.26 Å². The first-order chi connectivity index (χ1) is 7.58. The average Bonchev–Trinajstić information content (AvgIpc) is 2.24. The van der Waals surface area contributed by atoms with Crippen LogP contribution in [0, 0.1) is 18.3 Å². The van der Waals surface area contributed by atoms with E-state index in [2.05, 4.69) is 11.1 Å². The number of pyridine rings is 1. The Morgan fingerprint density at radius 2 is 2.25 bits per heavy atom. The molecule has 2 rings (SSSR count). The topological polar surface area (TPSA) is 60.1 Å². The van der Waals surface area contributed by atoms with Crippen LogP contribution in [0.2, 0.25) is 0 Å². The Kier molecular flexibility index (Phi) is 2.56. The lowest BCUT2D eigenvalue weighted by atomic mass is 9.91. The summed E-state index contributed by atoms with van der Waals surface area (Å²) in [5.41, 5.74) is 0.864. The minimum absolute atomic E-state index is 0.564. The van der Waals surface area contributed by atoms with Crippen LogP contribution in [0.3, 0.4) is 0 Å². The summed E-state index contributed by atoms with van der Waals surface area (Å²) in [4.78, 5) is 6.31. The van der Waals surface area contributed by atoms with Gasteiger partial charge >= 0.3 is 0 Å². The Bertz CT molecular complexity index is 444. The van der Waals surface area contributed by atoms with E-state index in [0.29, 0.717) is 24.5 Å². The summed E-state index contributed by atoms with van der Waals surface area (Å²) in [7, 11) is 0. The summed E-state index contributed by atoms with van der Waals surface area (Å²) in [5, 5.41) is 18.9. The van der Waals surface area contributed by atoms with Gasteiger partial charge in [-0.2, -0.15) is 5.26 Å². The van der Waals surface area contributed by atoms with Gasteiger partial charge in [-0.25, -0.2) is 4.98 Å². The first-order valence-electron chi connectivity index (χ1n) is 5.43. The third-order valence-corrected chi connectivity index (χ3v) is 3.06. The highest BCUT2D eigenvalue weighted by Crippen LogP contribution is 2.30. The molecule has 1 aromatic heterocycles. The molecule has 0 aromatic carbocycles. The minimum Gasteiger partial charge on any atom is -0.386 e. The Labute approximate surface area is 95.1 Å². The standard InChI is InChI=1S/C12H15N3O/c1-3-12(16)7-15(8-12)11-10(6-13)5-4-9(2)14-11/h4-5,16H,3,7-8H2,1-2H3. The highest BCUT2D eigenvalue weighted by atomic mass is 16.3. The van der Waals surface area contributed by atoms with E-state index < -0.39 is 5.60 Å². The number of aromatic nitrogens is 1. The van der Waals surface area contributed by atoms with Crippen LogP contribution < -0.4 is 4.90 Å². The van der Waals surface area contributed by atoms with E-state index >= 15 is 0 Å². The van der Waals surface area contributed by atoms with Gasteiger partial charge in [-0.05, 0) is 25.5 Å². The largest absolute Gasteiger partial charge is 0.386 e. The third kappa shape index (κ3) is 1.74. The number of anilines is 1. The fourth-order valence-corrected chi connectivity index (χ4v) is 1.91. The van der Waals surface area contributed by atoms with Crippen LogP contribution in [-0.2, 0) is 0 Å². The minimum atomic E-state index is -0.599. The number of aryl methyl sites for hydroxylation is 1. The van der Waals surface area contributed by atoms with E-state index in [0.717, 1.165) is 12.1 Å². The molecular weight excluding hydrogens is 202 g/mol. The smallest absolute Gasteiger partial charge is 0.147 e. The van der Waals surface area contributed by atoms with E-state index in [1.54, 1.807) is 6.07 Å². The molecule has 1 aromatic rings. The zero-order valence-electron chi connectivity index (χ0n) is 9.56. The molecule has 0 aliphatic carbocycles. The van der Waals surface area contributed by atoms with Crippen molar-refractivity contribution in [1.29, 1.82) is 5.26 Å². The molecule has 4 nitrogen and oxygen atoms in total. The number of hydrogen-bond acceptors (Lipinski definition) is 4. The monoisotopic (exact) mass is 217 g/mol. The first kappa shape index (κ1) is 10.9. The Hall–Kier alpha value is -1.60. The molecule has 0 bridgehead atoms. The molecule has 0 spiro atoms. The van der Waals surface area contributed by atoms with E-state index in [1.165, 1.54) is 0 Å². The number of β-amino-alcohol motifs (C(OH)–C–C–N with tert-alkyl or cyclic N) is 1. The second-order valence-electron chi connectivity index (χ2n) is 4.37. The molecule has 0 atom stereocenters. The number of rotatable bonds is 2. The molecule has 1 fully saturated rings. The van der Waals surface area contributed by atoms with Crippen molar-refractivity contribution in [3.05, 3.63) is 23.4 Å². The predicted octanol–water partition coefficient (Wildman–Crippen LogP) is 1.22. The summed E-state index contributed by atoms with van der Waals surface area (Å²) in [5.74, 6) is 0.695. The fourth-order valence-electron chi connectivity index (χ4n) is 1.91. The Balaban J connectivity index is 2.23. The van der Waals surface area contributed by atoms with Crippen LogP contribution in [0.25, 0.3) is 0 Å². The van der Waals surface area contributed by atoms with Crippen molar-refractivity contribution >= 4 is 5.82 Å². The van der Waals surface area contributed by atoms with Crippen LogP contribution in [-0.4, -0.2) is 28.8 Å². The molecule has 16 heavy (non-hydrogen) atoms. The summed E-state index contributed by atoms with van der Waals surface area (Å²) in [6.45, 7) is 4.99. The zero-order valence-corrected chi connectivity index (χ0v) is 9.56. The van der Waals surface area contributed by atoms with E-state index in [9.17, 15) is 5.11 Å². The van der Waals surface area contributed by atoms with Crippen LogP contribution in [0.15, 0.2) is 12.1 Å². The number of nitrogens with zero attached hydrogens (tertiary/aromatic N) is 3. The van der Waals surface area contributed by atoms with Gasteiger partial charge < -0.3 is 10.0 Å². The van der Waals surface area contributed by atoms with Crippen LogP contribution >= 0.6 is 0 Å². The molecular formula is C12H15N3O. The van der Waals surface area contributed by atoms with Crippen molar-refractivity contribution in [1.82, 2.24) is 4.98 Å². The Morgan fingerprint density at radius 3 is 2.81 bits per heavy atom. The maximum Gasteiger partial charge on any atom is 0.147 e. The molecule has 0 amide bonds. The van der Waals surface area contributed by atoms with Crippen molar-refractivity contribution < 1.29 is 5.11 Å². The second-order valence-corrected chi connectivity index (χ2v) is 4.37. The second kappa shape index (κ2) is 3.76. The van der Waals surface area contributed by atoms with Gasteiger partial charge in [0.25, 0.3) is 0 Å². The van der Waals surface area contributed by atoms with Gasteiger partial charge in [-0.1, -0.05) is 6.92 Å². The lowest BCUT2D eigenvalue weighted by Gasteiger charge is -2.47. The van der Waals surface area contributed by atoms with Crippen molar-refractivity contribution in [2.24, 2.45) is 0 Å². The van der Waals surface area contributed by atoms with Crippen molar-refractivity contribution in [3.63, 3.8) is 0 Å². The molecule has 1 aliphatic rings.